The van der Waals surface area contributed by atoms with Crippen molar-refractivity contribution in [1.82, 2.24) is 14.6 Å². The lowest BCUT2D eigenvalue weighted by Gasteiger charge is -2.17. The van der Waals surface area contributed by atoms with E-state index in [0.29, 0.717) is 32.5 Å². The SMILES string of the molecule is O=C1C(=c2sc3nc(-c4cccc5ccccc45)nn3c2=O)c2ccccc2N1Cc1ccccc1Cl. The molecule has 1 aliphatic rings. The van der Waals surface area contributed by atoms with Gasteiger partial charge in [-0.05, 0) is 28.5 Å². The van der Waals surface area contributed by atoms with Gasteiger partial charge in [-0.2, -0.15) is 9.50 Å². The van der Waals surface area contributed by atoms with Crippen LogP contribution in [0.1, 0.15) is 11.1 Å². The van der Waals surface area contributed by atoms with E-state index >= 15 is 0 Å². The molecule has 6 aromatic rings. The predicted molar refractivity (Wildman–Crippen MR) is 147 cm³/mol. The molecule has 7 rings (SSSR count). The zero-order chi connectivity index (χ0) is 25.1. The third-order valence-corrected chi connectivity index (χ3v) is 8.02. The molecule has 8 heteroatoms. The lowest BCUT2D eigenvalue weighted by atomic mass is 10.0. The maximum atomic E-state index is 13.7. The second-order valence-corrected chi connectivity index (χ2v) is 10.2. The molecule has 178 valence electrons. The van der Waals surface area contributed by atoms with Crippen LogP contribution < -0.4 is 15.0 Å². The van der Waals surface area contributed by atoms with E-state index in [1.165, 1.54) is 15.9 Å². The summed E-state index contributed by atoms with van der Waals surface area (Å²) in [6, 6.07) is 28.9. The lowest BCUT2D eigenvalue weighted by Crippen LogP contribution is -2.32. The maximum Gasteiger partial charge on any atom is 0.291 e. The first kappa shape index (κ1) is 21.9. The van der Waals surface area contributed by atoms with E-state index < -0.39 is 0 Å². The van der Waals surface area contributed by atoms with Gasteiger partial charge in [-0.15, -0.1) is 5.10 Å². The van der Waals surface area contributed by atoms with Crippen molar-refractivity contribution in [3.05, 3.63) is 122 Å². The van der Waals surface area contributed by atoms with Gasteiger partial charge in [0.05, 0.1) is 17.8 Å². The molecular weight excluding hydrogens is 504 g/mol. The smallest absolute Gasteiger partial charge is 0.291 e. The van der Waals surface area contributed by atoms with E-state index in [1.54, 1.807) is 11.0 Å². The van der Waals surface area contributed by atoms with Crippen LogP contribution in [0.2, 0.25) is 5.02 Å². The molecule has 0 saturated heterocycles. The first-order valence-electron chi connectivity index (χ1n) is 11.7. The molecule has 0 N–H and O–H groups in total. The number of fused-ring (bicyclic) bond motifs is 3. The molecule has 0 aliphatic carbocycles. The van der Waals surface area contributed by atoms with Gasteiger partial charge in [0, 0.05) is 16.1 Å². The monoisotopic (exact) mass is 520 g/mol. The summed E-state index contributed by atoms with van der Waals surface area (Å²) >= 11 is 7.57. The molecule has 37 heavy (non-hydrogen) atoms. The van der Waals surface area contributed by atoms with Gasteiger partial charge in [0.2, 0.25) is 4.96 Å². The van der Waals surface area contributed by atoms with Gasteiger partial charge in [-0.25, -0.2) is 0 Å². The van der Waals surface area contributed by atoms with E-state index in [4.69, 9.17) is 11.6 Å². The number of anilines is 1. The van der Waals surface area contributed by atoms with Crippen molar-refractivity contribution in [3.63, 3.8) is 0 Å². The standard InChI is InChI=1S/C29H17ClN4O2S/c30-22-14-5-2-9-18(22)16-33-23-15-6-4-12-21(23)24(27(33)35)25-28(36)34-29(37-25)31-26(32-34)20-13-7-10-17-8-1-3-11-19(17)20/h1-15H,16H2. The van der Waals surface area contributed by atoms with E-state index in [1.807, 2.05) is 84.9 Å². The number of hydrogen-bond donors (Lipinski definition) is 0. The van der Waals surface area contributed by atoms with Crippen LogP contribution in [-0.4, -0.2) is 20.5 Å². The third-order valence-electron chi connectivity index (χ3n) is 6.62. The summed E-state index contributed by atoms with van der Waals surface area (Å²) in [5.41, 5.74) is 3.18. The number of carbonyl (C=O) groups is 1. The summed E-state index contributed by atoms with van der Waals surface area (Å²) in [5, 5.41) is 7.23. The van der Waals surface area contributed by atoms with E-state index in [0.717, 1.165) is 33.2 Å². The minimum atomic E-state index is -0.350. The van der Waals surface area contributed by atoms with Crippen LogP contribution in [0.25, 0.3) is 32.7 Å². The Morgan fingerprint density at radius 2 is 1.54 bits per heavy atom. The highest BCUT2D eigenvalue weighted by molar-refractivity contribution is 7.15. The first-order chi connectivity index (χ1) is 18.1. The second kappa shape index (κ2) is 8.37. The molecule has 2 aromatic heterocycles. The van der Waals surface area contributed by atoms with Gasteiger partial charge in [0.1, 0.15) is 4.53 Å². The fourth-order valence-corrected chi connectivity index (χ4v) is 6.07. The molecule has 0 radical (unpaired) electrons. The van der Waals surface area contributed by atoms with Crippen LogP contribution >= 0.6 is 22.9 Å². The second-order valence-electron chi connectivity index (χ2n) is 8.77. The Kier molecular flexibility index (Phi) is 4.96. The van der Waals surface area contributed by atoms with Crippen LogP contribution in [0.15, 0.2) is 95.8 Å². The Bertz CT molecular complexity index is 1990. The number of aromatic nitrogens is 3. The molecule has 0 fully saturated rings. The molecule has 1 amide bonds. The number of halogens is 1. The molecule has 0 unspecified atom stereocenters. The highest BCUT2D eigenvalue weighted by atomic mass is 35.5. The topological polar surface area (TPSA) is 67.6 Å². The number of hydrogen-bond acceptors (Lipinski definition) is 5. The minimum Gasteiger partial charge on any atom is -0.303 e. The number of nitrogens with zero attached hydrogens (tertiary/aromatic N) is 4. The van der Waals surface area contributed by atoms with Crippen molar-refractivity contribution in [2.75, 3.05) is 4.90 Å². The van der Waals surface area contributed by atoms with Crippen LogP contribution in [0.3, 0.4) is 0 Å². The molecule has 0 bridgehead atoms. The van der Waals surface area contributed by atoms with E-state index in [9.17, 15) is 9.59 Å². The number of rotatable bonds is 3. The van der Waals surface area contributed by atoms with Crippen molar-refractivity contribution in [1.29, 1.82) is 0 Å². The molecule has 6 nitrogen and oxygen atoms in total. The first-order valence-corrected chi connectivity index (χ1v) is 12.9. The summed E-state index contributed by atoms with van der Waals surface area (Å²) in [4.78, 5) is 34.1. The zero-order valence-corrected chi connectivity index (χ0v) is 20.8. The quantitative estimate of drug-likeness (QED) is 0.326. The maximum absolute atomic E-state index is 13.7. The van der Waals surface area contributed by atoms with Crippen molar-refractivity contribution in [3.8, 4) is 11.4 Å². The number of thiazole rings is 1. The summed E-state index contributed by atoms with van der Waals surface area (Å²) in [6.45, 7) is 0.305. The van der Waals surface area contributed by atoms with E-state index in [2.05, 4.69) is 10.1 Å². The number of para-hydroxylation sites is 1. The average Bonchev–Trinajstić information content (AvgIpc) is 3.55. The van der Waals surface area contributed by atoms with Gasteiger partial charge >= 0.3 is 0 Å². The Labute approximate surface area is 219 Å². The van der Waals surface area contributed by atoms with Crippen molar-refractivity contribution < 1.29 is 4.79 Å². The molecule has 1 aliphatic heterocycles. The minimum absolute atomic E-state index is 0.239. The van der Waals surface area contributed by atoms with E-state index in [-0.39, 0.29) is 11.5 Å². The summed E-state index contributed by atoms with van der Waals surface area (Å²) in [7, 11) is 0. The highest BCUT2D eigenvalue weighted by Crippen LogP contribution is 2.37. The zero-order valence-electron chi connectivity index (χ0n) is 19.3. The Balaban J connectivity index is 1.39. The summed E-state index contributed by atoms with van der Waals surface area (Å²) < 4.78 is 1.63. The Hall–Kier alpha value is -4.33. The van der Waals surface area contributed by atoms with Gasteiger partial charge in [0.25, 0.3) is 11.5 Å². The summed E-state index contributed by atoms with van der Waals surface area (Å²) in [6.07, 6.45) is 0. The fourth-order valence-electron chi connectivity index (χ4n) is 4.87. The molecule has 0 spiro atoms. The molecular formula is C29H17ClN4O2S. The lowest BCUT2D eigenvalue weighted by molar-refractivity contribution is -0.113. The van der Waals surface area contributed by atoms with Crippen LogP contribution in [-0.2, 0) is 11.3 Å². The van der Waals surface area contributed by atoms with Gasteiger partial charge in [-0.3, -0.25) is 9.59 Å². The molecule has 0 saturated carbocycles. The van der Waals surface area contributed by atoms with Crippen molar-refractivity contribution >= 4 is 55.8 Å². The van der Waals surface area contributed by atoms with Crippen molar-refractivity contribution in [2.45, 2.75) is 6.54 Å². The van der Waals surface area contributed by atoms with Gasteiger partial charge in [-0.1, -0.05) is 102 Å². The number of amides is 1. The largest absolute Gasteiger partial charge is 0.303 e. The van der Waals surface area contributed by atoms with Gasteiger partial charge < -0.3 is 4.90 Å². The van der Waals surface area contributed by atoms with Gasteiger partial charge in [0.15, 0.2) is 5.82 Å². The Morgan fingerprint density at radius 3 is 2.41 bits per heavy atom. The summed E-state index contributed by atoms with van der Waals surface area (Å²) in [5.74, 6) is 0.243. The number of carbonyl (C=O) groups excluding carboxylic acids is 1. The fraction of sp³-hybridized carbons (Fsp3) is 0.0345. The van der Waals surface area contributed by atoms with Crippen LogP contribution in [0.5, 0.6) is 0 Å². The normalized spacial score (nSPS) is 14.6. The van der Waals surface area contributed by atoms with Crippen LogP contribution in [0, 0.1) is 0 Å². The average molecular weight is 521 g/mol. The molecule has 3 heterocycles. The highest BCUT2D eigenvalue weighted by Gasteiger charge is 2.34. The Morgan fingerprint density at radius 1 is 0.811 bits per heavy atom. The molecule has 0 atom stereocenters. The third kappa shape index (κ3) is 3.39. The number of benzene rings is 4. The van der Waals surface area contributed by atoms with Crippen LogP contribution in [0.4, 0.5) is 5.69 Å². The predicted octanol–water partition coefficient (Wildman–Crippen LogP) is 5.09. The molecule has 4 aromatic carbocycles. The van der Waals surface area contributed by atoms with Crippen molar-refractivity contribution in [2.24, 2.45) is 0 Å².